The van der Waals surface area contributed by atoms with Crippen molar-refractivity contribution >= 4 is 22.5 Å². The smallest absolute Gasteiger partial charge is 0.141 e. The predicted molar refractivity (Wildman–Crippen MR) is 48.4 cm³/mol. The van der Waals surface area contributed by atoms with E-state index in [1.807, 2.05) is 6.07 Å². The molecule has 0 aliphatic carbocycles. The minimum atomic E-state index is 0. The number of aromatic hydroxyl groups is 1. The fourth-order valence-electron chi connectivity index (χ4n) is 1.12. The Hall–Kier alpha value is -0.761. The Morgan fingerprint density at radius 1 is 1.23 bits per heavy atom. The van der Waals surface area contributed by atoms with Crippen LogP contribution in [0.4, 0.5) is 0 Å². The Morgan fingerprint density at radius 2 is 2.00 bits per heavy atom. The maximum Gasteiger partial charge on any atom is 0.141 e. The first-order valence-corrected chi connectivity index (χ1v) is 3.89. The Bertz CT molecular complexity index is 392. The van der Waals surface area contributed by atoms with Gasteiger partial charge >= 0.3 is 0 Å². The first-order chi connectivity index (χ1) is 5.79. The van der Waals surface area contributed by atoms with Gasteiger partial charge in [-0.1, -0.05) is 11.6 Å². The van der Waals surface area contributed by atoms with E-state index in [2.05, 4.69) is 4.98 Å². The number of nitrogens with zero attached hydrogens (tertiary/aromatic N) is 1. The topological polar surface area (TPSA) is 33.1 Å². The first kappa shape index (κ1) is 10.3. The van der Waals surface area contributed by atoms with E-state index >= 15 is 0 Å². The molecule has 1 N–H and O–H groups in total. The average Bonchev–Trinajstić information content (AvgIpc) is 2.12. The molecule has 0 bridgehead atoms. The van der Waals surface area contributed by atoms with Crippen molar-refractivity contribution in [3.05, 3.63) is 35.5 Å². The second kappa shape index (κ2) is 3.97. The van der Waals surface area contributed by atoms with Crippen molar-refractivity contribution in [1.29, 1.82) is 0 Å². The standard InChI is InChI=1S/C9H6ClNO.Mn/c10-7-3-4-8(12)9-6(7)2-1-5-11-9;/h1-5,12H;. The molecule has 1 aromatic heterocycles. The van der Waals surface area contributed by atoms with Gasteiger partial charge in [-0.2, -0.15) is 0 Å². The number of phenols is 1. The van der Waals surface area contributed by atoms with Crippen LogP contribution < -0.4 is 0 Å². The van der Waals surface area contributed by atoms with Gasteiger partial charge in [-0.3, -0.25) is 4.98 Å². The van der Waals surface area contributed by atoms with Gasteiger partial charge in [0.1, 0.15) is 11.3 Å². The largest absolute Gasteiger partial charge is 0.506 e. The summed E-state index contributed by atoms with van der Waals surface area (Å²) >= 11 is 5.88. The van der Waals surface area contributed by atoms with E-state index in [1.54, 1.807) is 18.3 Å². The van der Waals surface area contributed by atoms with Gasteiger partial charge < -0.3 is 5.11 Å². The van der Waals surface area contributed by atoms with Gasteiger partial charge in [0, 0.05) is 28.7 Å². The maximum absolute atomic E-state index is 9.37. The summed E-state index contributed by atoms with van der Waals surface area (Å²) in [6.07, 6.45) is 1.62. The van der Waals surface area contributed by atoms with Crippen molar-refractivity contribution in [2.75, 3.05) is 0 Å². The van der Waals surface area contributed by atoms with Gasteiger partial charge in [-0.05, 0) is 24.3 Å². The predicted octanol–water partition coefficient (Wildman–Crippen LogP) is 2.59. The van der Waals surface area contributed by atoms with Crippen LogP contribution in [0.15, 0.2) is 30.5 Å². The molecule has 67 valence electrons. The number of fused-ring (bicyclic) bond motifs is 1. The molecule has 0 saturated carbocycles. The van der Waals surface area contributed by atoms with E-state index in [1.165, 1.54) is 6.07 Å². The van der Waals surface area contributed by atoms with Crippen molar-refractivity contribution in [2.24, 2.45) is 0 Å². The molecular formula is C9H6ClMnNO. The Morgan fingerprint density at radius 3 is 2.69 bits per heavy atom. The van der Waals surface area contributed by atoms with Crippen LogP contribution in [0.2, 0.25) is 5.02 Å². The average molecular weight is 235 g/mol. The van der Waals surface area contributed by atoms with Crippen LogP contribution in [0.5, 0.6) is 5.75 Å². The third kappa shape index (κ3) is 1.78. The van der Waals surface area contributed by atoms with Crippen LogP contribution >= 0.6 is 11.6 Å². The summed E-state index contributed by atoms with van der Waals surface area (Å²) in [5.41, 5.74) is 0.546. The van der Waals surface area contributed by atoms with Crippen molar-refractivity contribution in [2.45, 2.75) is 0 Å². The molecule has 1 heterocycles. The van der Waals surface area contributed by atoms with Gasteiger partial charge in [-0.25, -0.2) is 0 Å². The van der Waals surface area contributed by atoms with Crippen LogP contribution in [0.1, 0.15) is 0 Å². The molecule has 4 heteroatoms. The third-order valence-electron chi connectivity index (χ3n) is 1.70. The Kier molecular flexibility index (Phi) is 3.15. The number of rotatable bonds is 0. The van der Waals surface area contributed by atoms with E-state index in [9.17, 15) is 5.11 Å². The zero-order chi connectivity index (χ0) is 8.55. The number of phenolic OH excluding ortho intramolecular Hbond substituents is 1. The number of halogens is 1. The minimum Gasteiger partial charge on any atom is -0.506 e. The number of aromatic nitrogens is 1. The number of pyridine rings is 1. The van der Waals surface area contributed by atoms with Gasteiger partial charge in [-0.15, -0.1) is 0 Å². The van der Waals surface area contributed by atoms with Crippen molar-refractivity contribution in [1.82, 2.24) is 4.98 Å². The van der Waals surface area contributed by atoms with Crippen molar-refractivity contribution < 1.29 is 22.2 Å². The molecule has 0 atom stereocenters. The Labute approximate surface area is 91.0 Å². The summed E-state index contributed by atoms with van der Waals surface area (Å²) in [6, 6.07) is 6.80. The Balaban J connectivity index is 0.000000845. The summed E-state index contributed by atoms with van der Waals surface area (Å²) in [6.45, 7) is 0. The zero-order valence-electron chi connectivity index (χ0n) is 6.54. The van der Waals surface area contributed by atoms with Crippen molar-refractivity contribution in [3.63, 3.8) is 0 Å². The molecule has 2 rings (SSSR count). The van der Waals surface area contributed by atoms with Crippen LogP contribution in [-0.4, -0.2) is 10.1 Å². The maximum atomic E-state index is 9.37. The van der Waals surface area contributed by atoms with E-state index in [0.29, 0.717) is 10.5 Å². The van der Waals surface area contributed by atoms with Crippen LogP contribution in [0, 0.1) is 0 Å². The molecule has 0 saturated heterocycles. The SMILES string of the molecule is Oc1ccc(Cl)c2cccnc12.[Mn]. The number of hydrogen-bond donors (Lipinski definition) is 1. The molecule has 13 heavy (non-hydrogen) atoms. The van der Waals surface area contributed by atoms with Gasteiger partial charge in [0.2, 0.25) is 0 Å². The van der Waals surface area contributed by atoms with Crippen LogP contribution in [0.25, 0.3) is 10.9 Å². The molecule has 0 spiro atoms. The number of benzene rings is 1. The minimum absolute atomic E-state index is 0. The molecule has 1 radical (unpaired) electrons. The monoisotopic (exact) mass is 234 g/mol. The second-order valence-electron chi connectivity index (χ2n) is 2.47. The summed E-state index contributed by atoms with van der Waals surface area (Å²) in [5.74, 6) is 0.162. The molecule has 0 fully saturated rings. The van der Waals surface area contributed by atoms with Gasteiger partial charge in [0.05, 0.1) is 5.02 Å². The van der Waals surface area contributed by atoms with E-state index in [0.717, 1.165) is 5.39 Å². The molecular weight excluding hydrogens is 228 g/mol. The molecule has 0 aliphatic rings. The van der Waals surface area contributed by atoms with E-state index in [4.69, 9.17) is 11.6 Å². The first-order valence-electron chi connectivity index (χ1n) is 3.51. The van der Waals surface area contributed by atoms with Crippen molar-refractivity contribution in [3.8, 4) is 5.75 Å². The molecule has 0 amide bonds. The fourth-order valence-corrected chi connectivity index (χ4v) is 1.34. The third-order valence-corrected chi connectivity index (χ3v) is 2.02. The van der Waals surface area contributed by atoms with E-state index < -0.39 is 0 Å². The molecule has 0 unspecified atom stereocenters. The van der Waals surface area contributed by atoms with Gasteiger partial charge in [0.25, 0.3) is 0 Å². The molecule has 2 aromatic rings. The fraction of sp³-hybridized carbons (Fsp3) is 0. The van der Waals surface area contributed by atoms with Crippen LogP contribution in [0.3, 0.4) is 0 Å². The summed E-state index contributed by atoms with van der Waals surface area (Å²) in [7, 11) is 0. The second-order valence-corrected chi connectivity index (χ2v) is 2.87. The summed E-state index contributed by atoms with van der Waals surface area (Å²) in [4.78, 5) is 4.01. The van der Waals surface area contributed by atoms with Gasteiger partial charge in [0.15, 0.2) is 0 Å². The summed E-state index contributed by atoms with van der Waals surface area (Å²) in [5, 5.41) is 10.8. The molecule has 2 nitrogen and oxygen atoms in total. The molecule has 1 aromatic carbocycles. The normalized spacial score (nSPS) is 9.62. The summed E-state index contributed by atoms with van der Waals surface area (Å²) < 4.78 is 0. The van der Waals surface area contributed by atoms with Crippen LogP contribution in [-0.2, 0) is 17.1 Å². The number of hydrogen-bond acceptors (Lipinski definition) is 2. The van der Waals surface area contributed by atoms with E-state index in [-0.39, 0.29) is 22.8 Å². The quantitative estimate of drug-likeness (QED) is 0.711. The molecule has 0 aliphatic heterocycles. The zero-order valence-corrected chi connectivity index (χ0v) is 8.47.